The number of benzene rings is 1. The zero-order chi connectivity index (χ0) is 17.8. The molecule has 0 saturated carbocycles. The first-order valence-corrected chi connectivity index (χ1v) is 8.73. The van der Waals surface area contributed by atoms with Gasteiger partial charge in [0.15, 0.2) is 5.96 Å². The van der Waals surface area contributed by atoms with E-state index in [1.165, 1.54) is 12.0 Å². The lowest BCUT2D eigenvalue weighted by Gasteiger charge is -2.18. The average Bonchev–Trinajstić information content (AvgIpc) is 2.58. The molecular weight excluding hydrogens is 429 g/mol. The van der Waals surface area contributed by atoms with Gasteiger partial charge in [-0.3, -0.25) is 4.99 Å². The van der Waals surface area contributed by atoms with Crippen molar-refractivity contribution in [2.75, 3.05) is 27.4 Å². The molecule has 1 rings (SSSR count). The summed E-state index contributed by atoms with van der Waals surface area (Å²) in [5, 5.41) is 6.79. The van der Waals surface area contributed by atoms with Crippen molar-refractivity contribution < 1.29 is 9.47 Å². The van der Waals surface area contributed by atoms with E-state index in [1.54, 1.807) is 14.2 Å². The van der Waals surface area contributed by atoms with Gasteiger partial charge in [0.25, 0.3) is 0 Å². The van der Waals surface area contributed by atoms with E-state index in [4.69, 9.17) is 9.47 Å². The van der Waals surface area contributed by atoms with Crippen molar-refractivity contribution in [1.29, 1.82) is 0 Å². The molecule has 2 N–H and O–H groups in total. The highest BCUT2D eigenvalue weighted by molar-refractivity contribution is 14.0. The molecule has 0 aliphatic rings. The fraction of sp³-hybridized carbons (Fsp3) is 0.632. The van der Waals surface area contributed by atoms with E-state index in [2.05, 4.69) is 48.5 Å². The van der Waals surface area contributed by atoms with Crippen molar-refractivity contribution in [2.45, 2.75) is 46.2 Å². The van der Waals surface area contributed by atoms with Gasteiger partial charge < -0.3 is 20.1 Å². The van der Waals surface area contributed by atoms with Crippen LogP contribution in [-0.4, -0.2) is 39.4 Å². The lowest BCUT2D eigenvalue weighted by atomic mass is 10.0. The molecule has 0 bridgehead atoms. The van der Waals surface area contributed by atoms with Gasteiger partial charge in [-0.25, -0.2) is 0 Å². The molecule has 1 aromatic carbocycles. The highest BCUT2D eigenvalue weighted by atomic mass is 127. The van der Waals surface area contributed by atoms with Gasteiger partial charge in [-0.15, -0.1) is 24.0 Å². The third-order valence-corrected chi connectivity index (χ3v) is 3.72. The summed E-state index contributed by atoms with van der Waals surface area (Å²) < 4.78 is 10.5. The van der Waals surface area contributed by atoms with Gasteiger partial charge in [0.05, 0.1) is 6.61 Å². The van der Waals surface area contributed by atoms with E-state index in [9.17, 15) is 0 Å². The maximum Gasteiger partial charge on any atom is 0.191 e. The molecule has 0 saturated heterocycles. The average molecular weight is 463 g/mol. The Balaban J connectivity index is 0.00000576. The number of ether oxygens (including phenoxy) is 2. The summed E-state index contributed by atoms with van der Waals surface area (Å²) in [7, 11) is 3.47. The molecule has 0 amide bonds. The predicted molar refractivity (Wildman–Crippen MR) is 116 cm³/mol. The molecule has 6 heteroatoms. The van der Waals surface area contributed by atoms with Crippen LogP contribution in [0.2, 0.25) is 0 Å². The molecule has 1 aromatic rings. The second kappa shape index (κ2) is 14.2. The number of hydrogen-bond acceptors (Lipinski definition) is 3. The molecule has 0 aliphatic carbocycles. The van der Waals surface area contributed by atoms with Crippen LogP contribution in [-0.2, 0) is 11.3 Å². The predicted octanol–water partition coefficient (Wildman–Crippen LogP) is 3.82. The number of aliphatic imine (C=N–C) groups is 1. The summed E-state index contributed by atoms with van der Waals surface area (Å²) in [4.78, 5) is 4.29. The van der Waals surface area contributed by atoms with Gasteiger partial charge in [-0.05, 0) is 43.4 Å². The van der Waals surface area contributed by atoms with Crippen molar-refractivity contribution in [3.8, 4) is 5.75 Å². The SMILES string of the molecule is CN=C(NCc1ccc(OCCOC)cc1)NC(C)CCC(C)C.I. The lowest BCUT2D eigenvalue weighted by molar-refractivity contribution is 0.146. The number of nitrogens with one attached hydrogen (secondary N) is 2. The molecule has 144 valence electrons. The quantitative estimate of drug-likeness (QED) is 0.240. The van der Waals surface area contributed by atoms with Crippen molar-refractivity contribution in [2.24, 2.45) is 10.9 Å². The summed E-state index contributed by atoms with van der Waals surface area (Å²) in [5.74, 6) is 2.43. The van der Waals surface area contributed by atoms with Crippen LogP contribution >= 0.6 is 24.0 Å². The fourth-order valence-electron chi connectivity index (χ4n) is 2.22. The Hall–Kier alpha value is -1.02. The monoisotopic (exact) mass is 463 g/mol. The van der Waals surface area contributed by atoms with Crippen molar-refractivity contribution in [1.82, 2.24) is 10.6 Å². The molecule has 1 atom stereocenters. The Labute approximate surface area is 170 Å². The summed E-state index contributed by atoms with van der Waals surface area (Å²) in [6.07, 6.45) is 2.36. The summed E-state index contributed by atoms with van der Waals surface area (Å²) in [6.45, 7) is 8.60. The molecule has 0 aliphatic heterocycles. The van der Waals surface area contributed by atoms with Crippen LogP contribution in [0, 0.1) is 5.92 Å². The van der Waals surface area contributed by atoms with Crippen molar-refractivity contribution in [3.63, 3.8) is 0 Å². The molecule has 25 heavy (non-hydrogen) atoms. The number of rotatable bonds is 10. The number of methoxy groups -OCH3 is 1. The maximum absolute atomic E-state index is 5.57. The Morgan fingerprint density at radius 3 is 2.32 bits per heavy atom. The van der Waals surface area contributed by atoms with Crippen LogP contribution in [0.3, 0.4) is 0 Å². The second-order valence-electron chi connectivity index (χ2n) is 6.43. The van der Waals surface area contributed by atoms with Gasteiger partial charge in [-0.2, -0.15) is 0 Å². The molecule has 0 aromatic heterocycles. The first-order chi connectivity index (χ1) is 11.5. The van der Waals surface area contributed by atoms with E-state index in [1.807, 2.05) is 12.1 Å². The summed E-state index contributed by atoms with van der Waals surface area (Å²) in [5.41, 5.74) is 1.19. The van der Waals surface area contributed by atoms with Crippen molar-refractivity contribution in [3.05, 3.63) is 29.8 Å². The summed E-state index contributed by atoms with van der Waals surface area (Å²) >= 11 is 0. The highest BCUT2D eigenvalue weighted by Gasteiger charge is 2.06. The highest BCUT2D eigenvalue weighted by Crippen LogP contribution is 2.12. The normalized spacial score (nSPS) is 12.5. The third-order valence-electron chi connectivity index (χ3n) is 3.72. The van der Waals surface area contributed by atoms with Gasteiger partial charge in [0.1, 0.15) is 12.4 Å². The van der Waals surface area contributed by atoms with Crippen LogP contribution in [0.4, 0.5) is 0 Å². The largest absolute Gasteiger partial charge is 0.491 e. The first-order valence-electron chi connectivity index (χ1n) is 8.73. The Morgan fingerprint density at radius 1 is 1.08 bits per heavy atom. The van der Waals surface area contributed by atoms with Crippen molar-refractivity contribution >= 4 is 29.9 Å². The van der Waals surface area contributed by atoms with Crippen LogP contribution in [0.5, 0.6) is 5.75 Å². The second-order valence-corrected chi connectivity index (χ2v) is 6.43. The van der Waals surface area contributed by atoms with E-state index in [0.29, 0.717) is 19.3 Å². The molecule has 5 nitrogen and oxygen atoms in total. The van der Waals surface area contributed by atoms with Crippen LogP contribution in [0.1, 0.15) is 39.2 Å². The molecule has 0 fully saturated rings. The Morgan fingerprint density at radius 2 is 1.76 bits per heavy atom. The minimum Gasteiger partial charge on any atom is -0.491 e. The minimum absolute atomic E-state index is 0. The van der Waals surface area contributed by atoms with Gasteiger partial charge in [0.2, 0.25) is 0 Å². The Kier molecular flexibility index (Phi) is 13.6. The minimum atomic E-state index is 0. The number of hydrogen-bond donors (Lipinski definition) is 2. The summed E-state index contributed by atoms with van der Waals surface area (Å²) in [6, 6.07) is 8.49. The van der Waals surface area contributed by atoms with E-state index < -0.39 is 0 Å². The standard InChI is InChI=1S/C19H33N3O2.HI/c1-15(2)6-7-16(3)22-19(20-4)21-14-17-8-10-18(11-9-17)24-13-12-23-5;/h8-11,15-16H,6-7,12-14H2,1-5H3,(H2,20,21,22);1H. The van der Waals surface area contributed by atoms with Crippen LogP contribution < -0.4 is 15.4 Å². The van der Waals surface area contributed by atoms with Gasteiger partial charge in [0, 0.05) is 26.7 Å². The molecule has 0 radical (unpaired) electrons. The van der Waals surface area contributed by atoms with E-state index in [-0.39, 0.29) is 24.0 Å². The van der Waals surface area contributed by atoms with Crippen LogP contribution in [0.25, 0.3) is 0 Å². The molecule has 0 spiro atoms. The maximum atomic E-state index is 5.57. The number of nitrogens with zero attached hydrogens (tertiary/aromatic N) is 1. The van der Waals surface area contributed by atoms with E-state index in [0.717, 1.165) is 30.6 Å². The molecular formula is C19H34IN3O2. The fourth-order valence-corrected chi connectivity index (χ4v) is 2.22. The number of guanidine groups is 1. The zero-order valence-electron chi connectivity index (χ0n) is 16.2. The van der Waals surface area contributed by atoms with Crippen LogP contribution in [0.15, 0.2) is 29.3 Å². The first kappa shape index (κ1) is 24.0. The third kappa shape index (κ3) is 11.3. The Bertz CT molecular complexity index is 478. The van der Waals surface area contributed by atoms with E-state index >= 15 is 0 Å². The number of halogens is 1. The van der Waals surface area contributed by atoms with Gasteiger partial charge >= 0.3 is 0 Å². The topological polar surface area (TPSA) is 54.9 Å². The van der Waals surface area contributed by atoms with Gasteiger partial charge in [-0.1, -0.05) is 26.0 Å². The zero-order valence-corrected chi connectivity index (χ0v) is 18.5. The molecule has 0 heterocycles. The molecule has 1 unspecified atom stereocenters. The lowest BCUT2D eigenvalue weighted by Crippen LogP contribution is -2.41. The smallest absolute Gasteiger partial charge is 0.191 e.